The van der Waals surface area contributed by atoms with Crippen LogP contribution in [0.15, 0.2) is 0 Å². The maximum atomic E-state index is 12.2. The highest BCUT2D eigenvalue weighted by molar-refractivity contribution is 5.68. The molecule has 0 aliphatic carbocycles. The van der Waals surface area contributed by atoms with E-state index in [4.69, 9.17) is 4.74 Å². The van der Waals surface area contributed by atoms with Crippen molar-refractivity contribution in [2.24, 2.45) is 0 Å². The van der Waals surface area contributed by atoms with Crippen LogP contribution >= 0.6 is 0 Å². The minimum absolute atomic E-state index is 0.163. The molecule has 1 fully saturated rings. The first kappa shape index (κ1) is 17.3. The second-order valence-electron chi connectivity index (χ2n) is 7.19. The van der Waals surface area contributed by atoms with Crippen LogP contribution in [0.5, 0.6) is 0 Å². The van der Waals surface area contributed by atoms with Gasteiger partial charge in [0.1, 0.15) is 5.60 Å². The Morgan fingerprint density at radius 1 is 1.25 bits per heavy atom. The van der Waals surface area contributed by atoms with Gasteiger partial charge in [0.05, 0.1) is 0 Å². The van der Waals surface area contributed by atoms with Gasteiger partial charge in [0.15, 0.2) is 0 Å². The normalized spacial score (nSPS) is 24.6. The number of hydrogen-bond acceptors (Lipinski definition) is 3. The van der Waals surface area contributed by atoms with E-state index in [-0.39, 0.29) is 11.6 Å². The first-order valence-corrected chi connectivity index (χ1v) is 7.85. The lowest BCUT2D eigenvalue weighted by molar-refractivity contribution is 0.0244. The van der Waals surface area contributed by atoms with E-state index < -0.39 is 5.60 Å². The topological polar surface area (TPSA) is 32.8 Å². The lowest BCUT2D eigenvalue weighted by Gasteiger charge is -2.39. The van der Waals surface area contributed by atoms with Crippen LogP contribution in [0.3, 0.4) is 0 Å². The van der Waals surface area contributed by atoms with Crippen LogP contribution in [-0.4, -0.2) is 54.2 Å². The van der Waals surface area contributed by atoms with Gasteiger partial charge in [-0.3, -0.25) is 0 Å². The Hall–Kier alpha value is -0.770. The van der Waals surface area contributed by atoms with Crippen molar-refractivity contribution in [3.05, 3.63) is 0 Å². The summed E-state index contributed by atoms with van der Waals surface area (Å²) in [6.45, 7) is 9.61. The molecule has 4 heteroatoms. The van der Waals surface area contributed by atoms with E-state index >= 15 is 0 Å². The van der Waals surface area contributed by atoms with Gasteiger partial charge in [-0.1, -0.05) is 13.3 Å². The zero-order valence-corrected chi connectivity index (χ0v) is 14.2. The summed E-state index contributed by atoms with van der Waals surface area (Å²) in [7, 11) is 4.33. The van der Waals surface area contributed by atoms with E-state index in [0.29, 0.717) is 0 Å². The maximum absolute atomic E-state index is 12.2. The Morgan fingerprint density at radius 3 is 2.40 bits per heavy atom. The molecular weight excluding hydrogens is 252 g/mol. The third-order valence-electron chi connectivity index (χ3n) is 4.23. The molecule has 0 aromatic carbocycles. The van der Waals surface area contributed by atoms with E-state index in [1.807, 2.05) is 25.7 Å². The molecule has 0 N–H and O–H groups in total. The Bertz CT molecular complexity index is 323. The first-order chi connectivity index (χ1) is 9.20. The number of nitrogens with zero attached hydrogens (tertiary/aromatic N) is 2. The van der Waals surface area contributed by atoms with Crippen molar-refractivity contribution in [3.63, 3.8) is 0 Å². The van der Waals surface area contributed by atoms with Crippen LogP contribution in [-0.2, 0) is 4.74 Å². The fraction of sp³-hybridized carbons (Fsp3) is 0.938. The van der Waals surface area contributed by atoms with Crippen molar-refractivity contribution >= 4 is 6.09 Å². The molecule has 1 rings (SSSR count). The molecular formula is C16H32N2O2. The Kier molecular flexibility index (Phi) is 5.87. The van der Waals surface area contributed by atoms with E-state index in [1.54, 1.807) is 0 Å². The predicted molar refractivity (Wildman–Crippen MR) is 83.0 cm³/mol. The molecule has 1 saturated heterocycles. The van der Waals surface area contributed by atoms with Gasteiger partial charge < -0.3 is 14.5 Å². The second-order valence-corrected chi connectivity index (χ2v) is 7.19. The van der Waals surface area contributed by atoms with Gasteiger partial charge in [-0.25, -0.2) is 4.79 Å². The third kappa shape index (κ3) is 4.65. The van der Waals surface area contributed by atoms with Gasteiger partial charge in [0.25, 0.3) is 0 Å². The molecule has 1 amide bonds. The number of amides is 1. The fourth-order valence-corrected chi connectivity index (χ4v) is 3.07. The zero-order chi connectivity index (χ0) is 15.4. The molecule has 1 atom stereocenters. The Balaban J connectivity index is 2.69. The lowest BCUT2D eigenvalue weighted by atomic mass is 9.85. The largest absolute Gasteiger partial charge is 0.444 e. The molecule has 4 nitrogen and oxygen atoms in total. The number of rotatable bonds is 3. The first-order valence-electron chi connectivity index (χ1n) is 7.85. The average molecular weight is 284 g/mol. The molecule has 118 valence electrons. The summed E-state index contributed by atoms with van der Waals surface area (Å²) in [5.74, 6) is 0. The lowest BCUT2D eigenvalue weighted by Crippen LogP contribution is -2.45. The van der Waals surface area contributed by atoms with Crippen LogP contribution < -0.4 is 0 Å². The molecule has 0 saturated carbocycles. The highest BCUT2D eigenvalue weighted by Gasteiger charge is 2.35. The van der Waals surface area contributed by atoms with Crippen LogP contribution in [0.2, 0.25) is 0 Å². The highest BCUT2D eigenvalue weighted by Crippen LogP contribution is 2.32. The van der Waals surface area contributed by atoms with Crippen molar-refractivity contribution < 1.29 is 9.53 Å². The van der Waals surface area contributed by atoms with Gasteiger partial charge in [0, 0.05) is 18.6 Å². The summed E-state index contributed by atoms with van der Waals surface area (Å²) >= 11 is 0. The summed E-state index contributed by atoms with van der Waals surface area (Å²) in [5.41, 5.74) is -0.170. The van der Waals surface area contributed by atoms with Crippen molar-refractivity contribution in [1.29, 1.82) is 0 Å². The maximum Gasteiger partial charge on any atom is 0.410 e. The number of likely N-dealkylation sites (tertiary alicyclic amines) is 1. The molecule has 0 radical (unpaired) electrons. The number of carbonyl (C=O) groups excluding carboxylic acids is 1. The summed E-state index contributed by atoms with van der Waals surface area (Å²) in [6.07, 6.45) is 5.47. The van der Waals surface area contributed by atoms with Crippen molar-refractivity contribution in [3.8, 4) is 0 Å². The van der Waals surface area contributed by atoms with Crippen LogP contribution in [0.1, 0.15) is 59.8 Å². The molecule has 0 aromatic heterocycles. The summed E-state index contributed by atoms with van der Waals surface area (Å²) in [6, 6.07) is 0. The average Bonchev–Trinajstić information content (AvgIpc) is 2.51. The summed E-state index contributed by atoms with van der Waals surface area (Å²) < 4.78 is 5.49. The minimum Gasteiger partial charge on any atom is -0.444 e. The van der Waals surface area contributed by atoms with Crippen molar-refractivity contribution in [2.45, 2.75) is 70.9 Å². The number of carbonyl (C=O) groups is 1. The molecule has 20 heavy (non-hydrogen) atoms. The smallest absolute Gasteiger partial charge is 0.410 e. The molecule has 1 aliphatic heterocycles. The third-order valence-corrected chi connectivity index (χ3v) is 4.23. The minimum atomic E-state index is -0.411. The van der Waals surface area contributed by atoms with E-state index in [0.717, 1.165) is 32.4 Å². The van der Waals surface area contributed by atoms with E-state index in [2.05, 4.69) is 25.9 Å². The van der Waals surface area contributed by atoms with Crippen LogP contribution in [0, 0.1) is 0 Å². The van der Waals surface area contributed by atoms with E-state index in [1.165, 1.54) is 12.8 Å². The molecule has 1 aliphatic rings. The molecule has 1 unspecified atom stereocenters. The molecule has 1 heterocycles. The van der Waals surface area contributed by atoms with Crippen LogP contribution in [0.25, 0.3) is 0 Å². The van der Waals surface area contributed by atoms with Crippen molar-refractivity contribution in [2.75, 3.05) is 27.2 Å². The molecule has 0 bridgehead atoms. The summed E-state index contributed by atoms with van der Waals surface area (Å²) in [4.78, 5) is 16.4. The highest BCUT2D eigenvalue weighted by atomic mass is 16.6. The Labute approximate surface area is 124 Å². The second kappa shape index (κ2) is 6.79. The molecule has 0 aromatic rings. The van der Waals surface area contributed by atoms with Gasteiger partial charge in [0.2, 0.25) is 0 Å². The van der Waals surface area contributed by atoms with Gasteiger partial charge in [-0.05, 0) is 60.5 Å². The van der Waals surface area contributed by atoms with Gasteiger partial charge in [-0.15, -0.1) is 0 Å². The SMILES string of the molecule is CCCC1(N(C)C)CCCN(C(=O)OC(C)(C)C)CC1. The van der Waals surface area contributed by atoms with Crippen molar-refractivity contribution in [1.82, 2.24) is 9.80 Å². The number of ether oxygens (including phenoxy) is 1. The molecule has 0 spiro atoms. The summed E-state index contributed by atoms with van der Waals surface area (Å²) in [5, 5.41) is 0. The quantitative estimate of drug-likeness (QED) is 0.795. The number of hydrogen-bond donors (Lipinski definition) is 0. The standard InChI is InChI=1S/C16H32N2O2/c1-7-9-16(17(5)6)10-8-12-18(13-11-16)14(19)20-15(2,3)4/h7-13H2,1-6H3. The van der Waals surface area contributed by atoms with Gasteiger partial charge in [-0.2, -0.15) is 0 Å². The zero-order valence-electron chi connectivity index (χ0n) is 14.2. The predicted octanol–water partition coefficient (Wildman–Crippen LogP) is 3.51. The Morgan fingerprint density at radius 2 is 1.90 bits per heavy atom. The van der Waals surface area contributed by atoms with E-state index in [9.17, 15) is 4.79 Å². The fourth-order valence-electron chi connectivity index (χ4n) is 3.07. The van der Waals surface area contributed by atoms with Crippen LogP contribution in [0.4, 0.5) is 4.79 Å². The monoisotopic (exact) mass is 284 g/mol. The van der Waals surface area contributed by atoms with Gasteiger partial charge >= 0.3 is 6.09 Å².